The molecule has 0 aromatic heterocycles. The summed E-state index contributed by atoms with van der Waals surface area (Å²) in [6.45, 7) is -0.543. The van der Waals surface area contributed by atoms with Crippen LogP contribution in [-0.4, -0.2) is 46.2 Å². The van der Waals surface area contributed by atoms with Crippen LogP contribution in [0.3, 0.4) is 0 Å². The lowest BCUT2D eigenvalue weighted by molar-refractivity contribution is -0.148. The largest absolute Gasteiger partial charge is 0.456 e. The van der Waals surface area contributed by atoms with E-state index in [1.165, 1.54) is 40.7 Å². The number of esters is 1. The van der Waals surface area contributed by atoms with Gasteiger partial charge in [0.2, 0.25) is 20.0 Å². The lowest BCUT2D eigenvalue weighted by atomic mass is 9.92. The molecule has 3 aromatic rings. The minimum atomic E-state index is -4.07. The summed E-state index contributed by atoms with van der Waals surface area (Å²) in [6, 6.07) is 15.8. The second-order valence-electron chi connectivity index (χ2n) is 8.52. The molecule has 1 atom stereocenters. The third-order valence-electron chi connectivity index (χ3n) is 5.97. The summed E-state index contributed by atoms with van der Waals surface area (Å²) in [5.74, 6) is -2.06. The lowest BCUT2D eigenvalue weighted by Gasteiger charge is -2.36. The molecule has 1 aliphatic rings. The van der Waals surface area contributed by atoms with E-state index in [9.17, 15) is 30.8 Å². The van der Waals surface area contributed by atoms with Crippen LogP contribution in [-0.2, 0) is 40.8 Å². The highest BCUT2D eigenvalue weighted by molar-refractivity contribution is 7.89. The standard InChI is InChI=1S/C25H24FN3O7S2/c26-18-5-9-21(10-6-18)38(34,35)29-14-13-17-3-1-2-4-22(17)23(29)15-25(31)36-16-24(30)28-19-7-11-20(12-8-19)37(27,32)33/h1-12,23H,13-16H2,(H,28,30)(H2,27,32,33). The van der Waals surface area contributed by atoms with Gasteiger partial charge in [-0.1, -0.05) is 24.3 Å². The number of halogens is 1. The number of primary sulfonamides is 1. The number of fused-ring (bicyclic) bond motifs is 1. The van der Waals surface area contributed by atoms with E-state index in [0.717, 1.165) is 17.7 Å². The first-order chi connectivity index (χ1) is 17.9. The maximum atomic E-state index is 13.4. The molecule has 200 valence electrons. The van der Waals surface area contributed by atoms with Gasteiger partial charge in [0.15, 0.2) is 6.61 Å². The summed E-state index contributed by atoms with van der Waals surface area (Å²) < 4.78 is 69.2. The Hall–Kier alpha value is -3.65. The Labute approximate surface area is 219 Å². The molecule has 4 rings (SSSR count). The zero-order valence-corrected chi connectivity index (χ0v) is 21.5. The predicted molar refractivity (Wildman–Crippen MR) is 135 cm³/mol. The van der Waals surface area contributed by atoms with Gasteiger partial charge in [0.1, 0.15) is 5.82 Å². The van der Waals surface area contributed by atoms with E-state index in [2.05, 4.69) is 5.32 Å². The number of hydrogen-bond donors (Lipinski definition) is 2. The third-order valence-corrected chi connectivity index (χ3v) is 8.83. The Morgan fingerprint density at radius 1 is 0.947 bits per heavy atom. The molecule has 1 amide bonds. The summed E-state index contributed by atoms with van der Waals surface area (Å²) in [6.07, 6.45) is 0.0720. The van der Waals surface area contributed by atoms with Gasteiger partial charge >= 0.3 is 5.97 Å². The molecule has 1 aliphatic heterocycles. The van der Waals surface area contributed by atoms with Crippen molar-refractivity contribution in [3.05, 3.63) is 89.7 Å². The fourth-order valence-electron chi connectivity index (χ4n) is 4.16. The SMILES string of the molecule is NS(=O)(=O)c1ccc(NC(=O)COC(=O)CC2c3ccccc3CCN2S(=O)(=O)c2ccc(F)cc2)cc1. The number of ether oxygens (including phenoxy) is 1. The third kappa shape index (κ3) is 6.25. The molecule has 10 nitrogen and oxygen atoms in total. The van der Waals surface area contributed by atoms with Gasteiger partial charge in [-0.05, 0) is 66.1 Å². The number of nitrogens with one attached hydrogen (secondary N) is 1. The fourth-order valence-corrected chi connectivity index (χ4v) is 6.28. The van der Waals surface area contributed by atoms with Crippen molar-refractivity contribution in [1.82, 2.24) is 4.31 Å². The van der Waals surface area contributed by atoms with Gasteiger partial charge in [0.05, 0.1) is 22.3 Å². The second kappa shape index (κ2) is 11.0. The Kier molecular flexibility index (Phi) is 7.92. The van der Waals surface area contributed by atoms with E-state index >= 15 is 0 Å². The zero-order chi connectivity index (χ0) is 27.5. The Balaban J connectivity index is 1.46. The molecule has 1 unspecified atom stereocenters. The quantitative estimate of drug-likeness (QED) is 0.400. The van der Waals surface area contributed by atoms with Crippen LogP contribution in [0.2, 0.25) is 0 Å². The molecule has 13 heteroatoms. The van der Waals surface area contributed by atoms with E-state index in [0.29, 0.717) is 12.0 Å². The van der Waals surface area contributed by atoms with Crippen LogP contribution in [0.15, 0.2) is 82.6 Å². The van der Waals surface area contributed by atoms with E-state index < -0.39 is 50.4 Å². The highest BCUT2D eigenvalue weighted by Crippen LogP contribution is 2.36. The zero-order valence-electron chi connectivity index (χ0n) is 19.9. The number of rotatable bonds is 8. The smallest absolute Gasteiger partial charge is 0.308 e. The molecule has 0 saturated heterocycles. The Morgan fingerprint density at radius 3 is 2.24 bits per heavy atom. The number of carbonyl (C=O) groups excluding carboxylic acids is 2. The summed E-state index contributed by atoms with van der Waals surface area (Å²) in [5, 5.41) is 7.51. The monoisotopic (exact) mass is 561 g/mol. The van der Waals surface area contributed by atoms with Crippen molar-refractivity contribution in [2.24, 2.45) is 5.14 Å². The number of hydrogen-bond acceptors (Lipinski definition) is 7. The molecule has 3 N–H and O–H groups in total. The van der Waals surface area contributed by atoms with Crippen LogP contribution in [0.4, 0.5) is 10.1 Å². The molecule has 38 heavy (non-hydrogen) atoms. The van der Waals surface area contributed by atoms with Crippen molar-refractivity contribution in [3.8, 4) is 0 Å². The van der Waals surface area contributed by atoms with E-state index in [1.807, 2.05) is 12.1 Å². The van der Waals surface area contributed by atoms with Crippen molar-refractivity contribution in [2.75, 3.05) is 18.5 Å². The first kappa shape index (κ1) is 27.4. The molecule has 0 aliphatic carbocycles. The molecule has 0 spiro atoms. The predicted octanol–water partition coefficient (Wildman–Crippen LogP) is 2.33. The van der Waals surface area contributed by atoms with Crippen LogP contribution in [0.1, 0.15) is 23.6 Å². The normalized spacial score (nSPS) is 15.9. The van der Waals surface area contributed by atoms with Gasteiger partial charge in [0.25, 0.3) is 5.91 Å². The minimum absolute atomic E-state index is 0.101. The molecule has 0 radical (unpaired) electrons. The van der Waals surface area contributed by atoms with Gasteiger partial charge in [0, 0.05) is 12.2 Å². The van der Waals surface area contributed by atoms with E-state index in [1.54, 1.807) is 12.1 Å². The van der Waals surface area contributed by atoms with Crippen molar-refractivity contribution in [1.29, 1.82) is 0 Å². The van der Waals surface area contributed by atoms with Gasteiger partial charge in [-0.15, -0.1) is 0 Å². The molecule has 3 aromatic carbocycles. The number of nitrogens with zero attached hydrogens (tertiary/aromatic N) is 1. The number of anilines is 1. The average molecular weight is 562 g/mol. The van der Waals surface area contributed by atoms with Crippen molar-refractivity contribution in [3.63, 3.8) is 0 Å². The average Bonchev–Trinajstić information content (AvgIpc) is 2.87. The van der Waals surface area contributed by atoms with Crippen LogP contribution >= 0.6 is 0 Å². The number of carbonyl (C=O) groups is 2. The minimum Gasteiger partial charge on any atom is -0.456 e. The van der Waals surface area contributed by atoms with E-state index in [4.69, 9.17) is 9.88 Å². The Bertz CT molecular complexity index is 1560. The number of benzene rings is 3. The Morgan fingerprint density at radius 2 is 1.58 bits per heavy atom. The summed E-state index contributed by atoms with van der Waals surface area (Å²) in [5.41, 5.74) is 1.79. The van der Waals surface area contributed by atoms with Gasteiger partial charge in [-0.3, -0.25) is 9.59 Å². The van der Waals surface area contributed by atoms with Gasteiger partial charge in [-0.25, -0.2) is 26.4 Å². The number of sulfonamides is 2. The van der Waals surface area contributed by atoms with Crippen molar-refractivity contribution in [2.45, 2.75) is 28.7 Å². The fraction of sp³-hybridized carbons (Fsp3) is 0.200. The molecule has 0 saturated carbocycles. The summed E-state index contributed by atoms with van der Waals surface area (Å²) in [7, 11) is -7.96. The maximum Gasteiger partial charge on any atom is 0.308 e. The lowest BCUT2D eigenvalue weighted by Crippen LogP contribution is -2.41. The van der Waals surface area contributed by atoms with Gasteiger partial charge in [-0.2, -0.15) is 4.31 Å². The highest BCUT2D eigenvalue weighted by atomic mass is 32.2. The van der Waals surface area contributed by atoms with Crippen molar-refractivity contribution >= 4 is 37.6 Å². The molecular weight excluding hydrogens is 537 g/mol. The molecule has 0 bridgehead atoms. The van der Waals surface area contributed by atoms with Crippen molar-refractivity contribution < 1.29 is 35.6 Å². The topological polar surface area (TPSA) is 153 Å². The summed E-state index contributed by atoms with van der Waals surface area (Å²) >= 11 is 0. The molecular formula is C25H24FN3O7S2. The van der Waals surface area contributed by atoms with Crippen LogP contribution in [0.5, 0.6) is 0 Å². The van der Waals surface area contributed by atoms with Crippen LogP contribution in [0.25, 0.3) is 0 Å². The molecule has 1 heterocycles. The second-order valence-corrected chi connectivity index (χ2v) is 12.0. The highest BCUT2D eigenvalue weighted by Gasteiger charge is 2.38. The first-order valence-corrected chi connectivity index (χ1v) is 14.4. The van der Waals surface area contributed by atoms with Crippen LogP contribution < -0.4 is 10.5 Å². The number of nitrogens with two attached hydrogens (primary N) is 1. The maximum absolute atomic E-state index is 13.4. The van der Waals surface area contributed by atoms with Gasteiger partial charge < -0.3 is 10.1 Å². The molecule has 0 fully saturated rings. The summed E-state index contributed by atoms with van der Waals surface area (Å²) in [4.78, 5) is 24.8. The number of amides is 1. The first-order valence-electron chi connectivity index (χ1n) is 11.4. The van der Waals surface area contributed by atoms with Crippen LogP contribution in [0, 0.1) is 5.82 Å². The van der Waals surface area contributed by atoms with E-state index in [-0.39, 0.29) is 28.4 Å².